The summed E-state index contributed by atoms with van der Waals surface area (Å²) in [6.07, 6.45) is -4.25. The second-order valence-electron chi connectivity index (χ2n) is 0.602. The summed E-state index contributed by atoms with van der Waals surface area (Å²) >= 11 is 0. The molecule has 8 heavy (non-hydrogen) atoms. The van der Waals surface area contributed by atoms with Crippen LogP contribution in [0.2, 0.25) is 0 Å². The second kappa shape index (κ2) is 4.58. The number of rotatable bonds is 0. The van der Waals surface area contributed by atoms with Crippen LogP contribution in [0.5, 0.6) is 0 Å². The zero-order valence-electron chi connectivity index (χ0n) is 3.36. The Morgan fingerprint density at radius 3 is 1.38 bits per heavy atom. The van der Waals surface area contributed by atoms with Crippen LogP contribution in [0.25, 0.3) is 0 Å². The first-order valence-corrected chi connectivity index (χ1v) is 1.22. The van der Waals surface area contributed by atoms with Gasteiger partial charge in [0.1, 0.15) is 0 Å². The molecule has 0 radical (unpaired) electrons. The van der Waals surface area contributed by atoms with E-state index in [0.29, 0.717) is 0 Å². The minimum absolute atomic E-state index is 0. The summed E-state index contributed by atoms with van der Waals surface area (Å²) in [7, 11) is 0. The number of hydrogen-bond donors (Lipinski definition) is 0. The Bertz CT molecular complexity index is 86.6. The van der Waals surface area contributed by atoms with Gasteiger partial charge >= 0.3 is 21.1 Å². The summed E-state index contributed by atoms with van der Waals surface area (Å²) in [6.45, 7) is 0. The molecule has 0 aromatic carbocycles. The molecule has 0 atom stereocenters. The molecule has 0 aliphatic heterocycles. The molecule has 0 aromatic heterocycles. The smallest absolute Gasteiger partial charge is 0.483 e. The van der Waals surface area contributed by atoms with Gasteiger partial charge in [0.25, 0.3) is 12.3 Å². The van der Waals surface area contributed by atoms with Crippen molar-refractivity contribution in [2.24, 2.45) is 0 Å². The molecular weight excluding hydrogens is 299 g/mol. The molecule has 0 rings (SSSR count). The standard InChI is InChI=1S/C2H2O5.Pt/c3-1(4)7-2(5)6;/h(H,3,4)(H,5,6);/q;+2/p-2. The van der Waals surface area contributed by atoms with E-state index in [1.165, 1.54) is 0 Å². The van der Waals surface area contributed by atoms with Crippen LogP contribution in [0.15, 0.2) is 0 Å². The molecule has 0 heterocycles. The average Bonchev–Trinajstić information content (AvgIpc) is 1.27. The molecule has 48 valence electrons. The monoisotopic (exact) mass is 299 g/mol. The SMILES string of the molecule is O=C([O-])OC(=O)[O-].[Pt+2]. The van der Waals surface area contributed by atoms with Crippen molar-refractivity contribution in [3.63, 3.8) is 0 Å². The van der Waals surface area contributed by atoms with Crippen LogP contribution in [0.3, 0.4) is 0 Å². The Balaban J connectivity index is 0. The van der Waals surface area contributed by atoms with E-state index in [1.807, 2.05) is 0 Å². The summed E-state index contributed by atoms with van der Waals surface area (Å²) in [4.78, 5) is 18.1. The molecule has 0 bridgehead atoms. The molecule has 0 unspecified atom stereocenters. The van der Waals surface area contributed by atoms with E-state index < -0.39 is 12.3 Å². The molecule has 0 aliphatic carbocycles. The Labute approximate surface area is 58.5 Å². The number of hydrogen-bond acceptors (Lipinski definition) is 5. The third-order valence-electron chi connectivity index (χ3n) is 0.167. The predicted molar refractivity (Wildman–Crippen MR) is 11.9 cm³/mol. The Hall–Kier alpha value is -0.572. The molecule has 0 saturated carbocycles. The molecular formula is C2O5Pt. The Morgan fingerprint density at radius 1 is 1.12 bits per heavy atom. The minimum Gasteiger partial charge on any atom is -0.483 e. The van der Waals surface area contributed by atoms with E-state index in [4.69, 9.17) is 19.8 Å². The van der Waals surface area contributed by atoms with Crippen LogP contribution < -0.4 is 10.2 Å². The average molecular weight is 299 g/mol. The maximum atomic E-state index is 9.06. The van der Waals surface area contributed by atoms with Crippen molar-refractivity contribution in [2.75, 3.05) is 0 Å². The van der Waals surface area contributed by atoms with Crippen LogP contribution in [-0.2, 0) is 25.8 Å². The van der Waals surface area contributed by atoms with Gasteiger partial charge < -0.3 is 24.5 Å². The van der Waals surface area contributed by atoms with E-state index in [2.05, 4.69) is 4.74 Å². The third-order valence-corrected chi connectivity index (χ3v) is 0.167. The van der Waals surface area contributed by atoms with Gasteiger partial charge in [-0.15, -0.1) is 0 Å². The summed E-state index contributed by atoms with van der Waals surface area (Å²) in [5.74, 6) is 0. The van der Waals surface area contributed by atoms with Gasteiger partial charge in [0.15, 0.2) is 0 Å². The van der Waals surface area contributed by atoms with Crippen LogP contribution in [0.1, 0.15) is 0 Å². The number of carboxylic acid groups (broad SMARTS) is 2. The summed E-state index contributed by atoms with van der Waals surface area (Å²) < 4.78 is 2.86. The molecule has 0 fully saturated rings. The zero-order chi connectivity index (χ0) is 5.86. The van der Waals surface area contributed by atoms with E-state index >= 15 is 0 Å². The van der Waals surface area contributed by atoms with Crippen molar-refractivity contribution in [3.8, 4) is 0 Å². The van der Waals surface area contributed by atoms with Crippen LogP contribution in [0.4, 0.5) is 9.59 Å². The van der Waals surface area contributed by atoms with Gasteiger partial charge in [0, 0.05) is 0 Å². The fraction of sp³-hybridized carbons (Fsp3) is 0. The van der Waals surface area contributed by atoms with Gasteiger partial charge in [-0.25, -0.2) is 0 Å². The van der Waals surface area contributed by atoms with Crippen molar-refractivity contribution >= 4 is 12.3 Å². The number of ether oxygens (including phenoxy) is 1. The van der Waals surface area contributed by atoms with Crippen molar-refractivity contribution < 1.29 is 45.6 Å². The minimum atomic E-state index is -2.12. The van der Waals surface area contributed by atoms with Crippen LogP contribution in [0, 0.1) is 0 Å². The van der Waals surface area contributed by atoms with Crippen LogP contribution >= 0.6 is 0 Å². The normalized spacial score (nSPS) is 6.50. The maximum absolute atomic E-state index is 9.06. The van der Waals surface area contributed by atoms with E-state index in [1.54, 1.807) is 0 Å². The summed E-state index contributed by atoms with van der Waals surface area (Å²) in [6, 6.07) is 0. The number of carbonyl (C=O) groups is 2. The molecule has 5 nitrogen and oxygen atoms in total. The molecule has 6 heteroatoms. The van der Waals surface area contributed by atoms with Crippen molar-refractivity contribution in [2.45, 2.75) is 0 Å². The summed E-state index contributed by atoms with van der Waals surface area (Å²) in [5, 5.41) is 18.1. The van der Waals surface area contributed by atoms with Gasteiger partial charge in [0.2, 0.25) is 0 Å². The molecule has 0 spiro atoms. The van der Waals surface area contributed by atoms with Gasteiger partial charge in [-0.05, 0) is 0 Å². The van der Waals surface area contributed by atoms with Crippen molar-refractivity contribution in [1.29, 1.82) is 0 Å². The molecule has 0 aromatic rings. The van der Waals surface area contributed by atoms with Crippen molar-refractivity contribution in [3.05, 3.63) is 0 Å². The van der Waals surface area contributed by atoms with E-state index in [-0.39, 0.29) is 21.1 Å². The Morgan fingerprint density at radius 2 is 1.38 bits per heavy atom. The summed E-state index contributed by atoms with van der Waals surface area (Å²) in [5.41, 5.74) is 0. The molecule has 0 amide bonds. The zero-order valence-corrected chi connectivity index (χ0v) is 5.63. The van der Waals surface area contributed by atoms with Gasteiger partial charge in [0.05, 0.1) is 0 Å². The fourth-order valence-corrected chi connectivity index (χ4v) is 0.0680. The quantitative estimate of drug-likeness (QED) is 0.370. The van der Waals surface area contributed by atoms with Gasteiger partial charge in [-0.2, -0.15) is 0 Å². The molecule has 0 saturated heterocycles. The fourth-order valence-electron chi connectivity index (χ4n) is 0.0680. The first-order valence-electron chi connectivity index (χ1n) is 1.22. The van der Waals surface area contributed by atoms with Gasteiger partial charge in [-0.1, -0.05) is 0 Å². The molecule has 0 aliphatic rings. The van der Waals surface area contributed by atoms with Gasteiger partial charge in [-0.3, -0.25) is 0 Å². The first-order chi connectivity index (χ1) is 3.13. The van der Waals surface area contributed by atoms with E-state index in [9.17, 15) is 0 Å². The Kier molecular flexibility index (Phi) is 5.97. The second-order valence-corrected chi connectivity index (χ2v) is 0.602. The maximum Gasteiger partial charge on any atom is 2.00 e. The van der Waals surface area contributed by atoms with Crippen LogP contribution in [-0.4, -0.2) is 12.3 Å². The topological polar surface area (TPSA) is 89.5 Å². The van der Waals surface area contributed by atoms with E-state index in [0.717, 1.165) is 0 Å². The third kappa shape index (κ3) is 9.06. The first kappa shape index (κ1) is 10.4. The number of carbonyl (C=O) groups excluding carboxylic acids is 2. The largest absolute Gasteiger partial charge is 2.00 e. The molecule has 0 N–H and O–H groups in total. The predicted octanol–water partition coefficient (Wildman–Crippen LogP) is -2.31. The van der Waals surface area contributed by atoms with Crippen molar-refractivity contribution in [1.82, 2.24) is 0 Å².